The molecule has 0 bridgehead atoms. The molecule has 3 N–H and O–H groups in total. The lowest BCUT2D eigenvalue weighted by Gasteiger charge is -2.09. The highest BCUT2D eigenvalue weighted by Crippen LogP contribution is 2.22. The maximum Gasteiger partial charge on any atom is 0.306 e. The zero-order valence-electron chi connectivity index (χ0n) is 15.7. The Bertz CT molecular complexity index is 977. The summed E-state index contributed by atoms with van der Waals surface area (Å²) in [5.41, 5.74) is 1.25. The summed E-state index contributed by atoms with van der Waals surface area (Å²) in [4.78, 5) is 23.5. The van der Waals surface area contributed by atoms with E-state index >= 15 is 0 Å². The van der Waals surface area contributed by atoms with Gasteiger partial charge in [-0.3, -0.25) is 9.59 Å². The largest absolute Gasteiger partial charge is 0.493 e. The average molecular weight is 441 g/mol. The molecule has 0 aliphatic heterocycles. The number of rotatable bonds is 9. The topological polar surface area (TPSA) is 125 Å². The number of hydrogen-bond donors (Lipinski definition) is 2. The first-order valence-electron chi connectivity index (χ1n) is 8.62. The van der Waals surface area contributed by atoms with Crippen molar-refractivity contribution in [3.05, 3.63) is 53.1 Å². The minimum Gasteiger partial charge on any atom is -0.493 e. The van der Waals surface area contributed by atoms with Crippen LogP contribution in [0.25, 0.3) is 0 Å². The number of carbonyl (C=O) groups excluding carboxylic acids is 2. The minimum atomic E-state index is -3.80. The number of nitrogens with one attached hydrogen (secondary N) is 1. The van der Waals surface area contributed by atoms with Gasteiger partial charge in [0.1, 0.15) is 5.75 Å². The second-order valence-electron chi connectivity index (χ2n) is 6.14. The number of primary sulfonamides is 1. The Hall–Kier alpha value is -2.62. The lowest BCUT2D eigenvalue weighted by Crippen LogP contribution is -2.21. The highest BCUT2D eigenvalue weighted by Gasteiger charge is 2.10. The Labute approximate surface area is 174 Å². The van der Waals surface area contributed by atoms with Crippen LogP contribution in [0.3, 0.4) is 0 Å². The number of hydrogen-bond acceptors (Lipinski definition) is 6. The highest BCUT2D eigenvalue weighted by molar-refractivity contribution is 7.89. The smallest absolute Gasteiger partial charge is 0.306 e. The molecule has 0 aliphatic carbocycles. The van der Waals surface area contributed by atoms with Crippen molar-refractivity contribution < 1.29 is 27.5 Å². The van der Waals surface area contributed by atoms with Crippen LogP contribution in [0.15, 0.2) is 47.4 Å². The van der Waals surface area contributed by atoms with Crippen molar-refractivity contribution in [2.75, 3.05) is 18.5 Å². The van der Waals surface area contributed by atoms with Crippen molar-refractivity contribution in [1.82, 2.24) is 0 Å². The molecule has 2 aromatic rings. The monoisotopic (exact) mass is 440 g/mol. The molecular formula is C19H21ClN2O6S. The third-order valence-corrected chi connectivity index (χ3v) is 4.91. The number of ether oxygens (including phenoxy) is 2. The Balaban J connectivity index is 1.67. The number of amides is 1. The zero-order valence-corrected chi connectivity index (χ0v) is 17.3. The third kappa shape index (κ3) is 7.72. The van der Waals surface area contributed by atoms with Crippen molar-refractivity contribution in [3.63, 3.8) is 0 Å². The summed E-state index contributed by atoms with van der Waals surface area (Å²) in [6.07, 6.45) is 0.528. The predicted molar refractivity (Wildman–Crippen MR) is 108 cm³/mol. The molecule has 0 heterocycles. The van der Waals surface area contributed by atoms with E-state index < -0.39 is 28.5 Å². The van der Waals surface area contributed by atoms with E-state index in [-0.39, 0.29) is 11.3 Å². The Morgan fingerprint density at radius 2 is 1.83 bits per heavy atom. The summed E-state index contributed by atoms with van der Waals surface area (Å²) in [5, 5.41) is 8.11. The first-order chi connectivity index (χ1) is 13.6. The molecule has 10 heteroatoms. The van der Waals surface area contributed by atoms with Crippen molar-refractivity contribution in [1.29, 1.82) is 0 Å². The van der Waals surface area contributed by atoms with Gasteiger partial charge in [-0.2, -0.15) is 0 Å². The van der Waals surface area contributed by atoms with Crippen molar-refractivity contribution >= 4 is 39.2 Å². The number of aryl methyl sites for hydroxylation is 1. The summed E-state index contributed by atoms with van der Waals surface area (Å²) in [6, 6.07) is 10.6. The molecular weight excluding hydrogens is 420 g/mol. The number of anilines is 1. The van der Waals surface area contributed by atoms with Gasteiger partial charge in [-0.15, -0.1) is 0 Å². The summed E-state index contributed by atoms with van der Waals surface area (Å²) >= 11 is 5.88. The van der Waals surface area contributed by atoms with Crippen molar-refractivity contribution in [2.45, 2.75) is 24.7 Å². The number of nitrogens with two attached hydrogens (primary N) is 1. The molecule has 0 aliphatic rings. The fourth-order valence-corrected chi connectivity index (χ4v) is 3.06. The van der Waals surface area contributed by atoms with Crippen LogP contribution < -0.4 is 15.2 Å². The third-order valence-electron chi connectivity index (χ3n) is 3.75. The Kier molecular flexibility index (Phi) is 8.00. The van der Waals surface area contributed by atoms with Gasteiger partial charge in [0.05, 0.1) is 11.5 Å². The fraction of sp³-hybridized carbons (Fsp3) is 0.263. The van der Waals surface area contributed by atoms with Gasteiger partial charge in [0, 0.05) is 17.1 Å². The molecule has 0 radical (unpaired) electrons. The van der Waals surface area contributed by atoms with E-state index in [1.165, 1.54) is 24.3 Å². The van der Waals surface area contributed by atoms with E-state index in [2.05, 4.69) is 5.32 Å². The molecule has 1 amide bonds. The molecule has 0 atom stereocenters. The van der Waals surface area contributed by atoms with Gasteiger partial charge in [-0.1, -0.05) is 11.6 Å². The van der Waals surface area contributed by atoms with E-state index in [9.17, 15) is 18.0 Å². The van der Waals surface area contributed by atoms with Gasteiger partial charge in [0.2, 0.25) is 10.0 Å². The lowest BCUT2D eigenvalue weighted by molar-refractivity contribution is -0.147. The van der Waals surface area contributed by atoms with E-state index in [0.29, 0.717) is 29.5 Å². The molecule has 0 fully saturated rings. The van der Waals surface area contributed by atoms with Crippen molar-refractivity contribution in [3.8, 4) is 5.75 Å². The number of esters is 1. The molecule has 2 aromatic carbocycles. The zero-order chi connectivity index (χ0) is 21.4. The summed E-state index contributed by atoms with van der Waals surface area (Å²) in [7, 11) is -3.80. The quantitative estimate of drug-likeness (QED) is 0.456. The fourth-order valence-electron chi connectivity index (χ4n) is 2.32. The van der Waals surface area contributed by atoms with Crippen LogP contribution in [0.4, 0.5) is 5.69 Å². The summed E-state index contributed by atoms with van der Waals surface area (Å²) in [5.74, 6) is -0.383. The van der Waals surface area contributed by atoms with Gasteiger partial charge in [-0.25, -0.2) is 13.6 Å². The van der Waals surface area contributed by atoms with Gasteiger partial charge < -0.3 is 14.8 Å². The molecule has 0 saturated carbocycles. The molecule has 2 rings (SSSR count). The number of benzene rings is 2. The standard InChI is InChI=1S/C19H21ClN2O6S/c1-13-11-14(20)4-9-17(13)27-10-2-3-19(24)28-12-18(23)22-15-5-7-16(8-6-15)29(21,25)26/h4-9,11H,2-3,10,12H2,1H3,(H,22,23)(H2,21,25,26). The van der Waals surface area contributed by atoms with Gasteiger partial charge in [0.25, 0.3) is 5.91 Å². The van der Waals surface area contributed by atoms with E-state index in [1.54, 1.807) is 18.2 Å². The van der Waals surface area contributed by atoms with Crippen LogP contribution in [0.5, 0.6) is 5.75 Å². The minimum absolute atomic E-state index is 0.0714. The van der Waals surface area contributed by atoms with Crippen LogP contribution in [0.2, 0.25) is 5.02 Å². The second-order valence-corrected chi connectivity index (χ2v) is 8.14. The predicted octanol–water partition coefficient (Wildman–Crippen LogP) is 2.64. The van der Waals surface area contributed by atoms with Gasteiger partial charge >= 0.3 is 5.97 Å². The summed E-state index contributed by atoms with van der Waals surface area (Å²) < 4.78 is 32.9. The van der Waals surface area contributed by atoms with Gasteiger partial charge in [-0.05, 0) is 61.4 Å². The second kappa shape index (κ2) is 10.2. The first kappa shape index (κ1) is 22.7. The molecule has 0 spiro atoms. The number of halogens is 1. The summed E-state index contributed by atoms with van der Waals surface area (Å²) in [6.45, 7) is 1.74. The maximum absolute atomic E-state index is 11.8. The Morgan fingerprint density at radius 1 is 1.14 bits per heavy atom. The van der Waals surface area contributed by atoms with E-state index in [1.807, 2.05) is 6.92 Å². The van der Waals surface area contributed by atoms with Crippen LogP contribution >= 0.6 is 11.6 Å². The SMILES string of the molecule is Cc1cc(Cl)ccc1OCCCC(=O)OCC(=O)Nc1ccc(S(N)(=O)=O)cc1. The molecule has 0 aromatic heterocycles. The first-order valence-corrected chi connectivity index (χ1v) is 10.5. The highest BCUT2D eigenvalue weighted by atomic mass is 35.5. The van der Waals surface area contributed by atoms with E-state index in [4.69, 9.17) is 26.2 Å². The normalized spacial score (nSPS) is 11.0. The van der Waals surface area contributed by atoms with Crippen LogP contribution in [-0.2, 0) is 24.3 Å². The number of sulfonamides is 1. The van der Waals surface area contributed by atoms with Gasteiger partial charge in [0.15, 0.2) is 6.61 Å². The van der Waals surface area contributed by atoms with Crippen LogP contribution in [-0.4, -0.2) is 33.5 Å². The molecule has 156 valence electrons. The van der Waals surface area contributed by atoms with Crippen LogP contribution in [0.1, 0.15) is 18.4 Å². The van der Waals surface area contributed by atoms with Crippen LogP contribution in [0, 0.1) is 6.92 Å². The molecule has 0 unspecified atom stereocenters. The van der Waals surface area contributed by atoms with E-state index in [0.717, 1.165) is 5.56 Å². The lowest BCUT2D eigenvalue weighted by atomic mass is 10.2. The molecule has 29 heavy (non-hydrogen) atoms. The molecule has 0 saturated heterocycles. The molecule has 8 nitrogen and oxygen atoms in total. The average Bonchev–Trinajstić information content (AvgIpc) is 2.64. The number of carbonyl (C=O) groups is 2. The van der Waals surface area contributed by atoms with Crippen molar-refractivity contribution in [2.24, 2.45) is 5.14 Å². The maximum atomic E-state index is 11.8. The Morgan fingerprint density at radius 3 is 2.45 bits per heavy atom.